The van der Waals surface area contributed by atoms with Gasteiger partial charge in [-0.3, -0.25) is 9.59 Å². The number of ether oxygens (including phenoxy) is 2. The van der Waals surface area contributed by atoms with Gasteiger partial charge in [0.1, 0.15) is 0 Å². The largest absolute Gasteiger partial charge is 0.464 e. The minimum atomic E-state index is -2.22. The molecule has 0 aliphatic heterocycles. The number of benzene rings is 2. The predicted molar refractivity (Wildman–Crippen MR) is 114 cm³/mol. The Hall–Kier alpha value is -3.48. The molecule has 0 aromatic heterocycles. The minimum Gasteiger partial charge on any atom is -0.464 e. The number of carbonyl (C=O) groups excluding carboxylic acids is 4. The first-order chi connectivity index (χ1) is 14.9. The van der Waals surface area contributed by atoms with E-state index >= 15 is 0 Å². The molecule has 1 amide bonds. The van der Waals surface area contributed by atoms with Crippen LogP contribution in [0.25, 0.3) is 0 Å². The van der Waals surface area contributed by atoms with Gasteiger partial charge in [-0.25, -0.2) is 9.59 Å². The summed E-state index contributed by atoms with van der Waals surface area (Å²) in [5.41, 5.74) is -1.28. The molecule has 7 heteroatoms. The van der Waals surface area contributed by atoms with Crippen LogP contribution in [0.15, 0.2) is 60.7 Å². The minimum absolute atomic E-state index is 0.0201. The zero-order valence-electron chi connectivity index (χ0n) is 17.9. The van der Waals surface area contributed by atoms with E-state index in [2.05, 4.69) is 5.32 Å². The number of rotatable bonds is 10. The molecule has 0 radical (unpaired) electrons. The van der Waals surface area contributed by atoms with Gasteiger partial charge in [0.2, 0.25) is 11.4 Å². The lowest BCUT2D eigenvalue weighted by Crippen LogP contribution is -2.64. The molecule has 2 aromatic carbocycles. The van der Waals surface area contributed by atoms with Gasteiger partial charge in [-0.05, 0) is 19.4 Å². The van der Waals surface area contributed by atoms with Crippen LogP contribution in [0.2, 0.25) is 0 Å². The summed E-state index contributed by atoms with van der Waals surface area (Å²) in [6.07, 6.45) is -0.230. The summed E-state index contributed by atoms with van der Waals surface area (Å²) in [7, 11) is 0. The number of carbonyl (C=O) groups is 4. The second-order valence-electron chi connectivity index (χ2n) is 6.89. The summed E-state index contributed by atoms with van der Waals surface area (Å²) in [5, 5.41) is 2.48. The van der Waals surface area contributed by atoms with E-state index in [0.717, 1.165) is 0 Å². The first-order valence-electron chi connectivity index (χ1n) is 10.1. The normalized spacial score (nSPS) is 11.8. The van der Waals surface area contributed by atoms with Gasteiger partial charge >= 0.3 is 11.9 Å². The quantitative estimate of drug-likeness (QED) is 0.357. The van der Waals surface area contributed by atoms with Crippen molar-refractivity contribution in [2.75, 3.05) is 13.2 Å². The maximum Gasteiger partial charge on any atom is 0.344 e. The molecule has 0 aliphatic carbocycles. The van der Waals surface area contributed by atoms with Crippen molar-refractivity contribution < 1.29 is 28.7 Å². The highest BCUT2D eigenvalue weighted by molar-refractivity contribution is 6.10. The fraction of sp³-hybridized carbons (Fsp3) is 0.333. The van der Waals surface area contributed by atoms with Crippen LogP contribution in [0, 0.1) is 0 Å². The van der Waals surface area contributed by atoms with E-state index in [1.807, 2.05) is 0 Å². The predicted octanol–water partition coefficient (Wildman–Crippen LogP) is 3.04. The van der Waals surface area contributed by atoms with Crippen molar-refractivity contribution in [1.82, 2.24) is 5.32 Å². The van der Waals surface area contributed by atoms with Crippen molar-refractivity contribution in [2.45, 2.75) is 38.6 Å². The molecule has 1 unspecified atom stereocenters. The second kappa shape index (κ2) is 11.1. The third kappa shape index (κ3) is 5.57. The maximum atomic E-state index is 13.2. The molecule has 0 heterocycles. The average Bonchev–Trinajstić information content (AvgIpc) is 2.77. The monoisotopic (exact) mass is 425 g/mol. The molecule has 1 atom stereocenters. The molecule has 0 spiro atoms. The summed E-state index contributed by atoms with van der Waals surface area (Å²) in [4.78, 5) is 51.7. The van der Waals surface area contributed by atoms with E-state index in [9.17, 15) is 19.2 Å². The van der Waals surface area contributed by atoms with Crippen molar-refractivity contribution >= 4 is 23.6 Å². The smallest absolute Gasteiger partial charge is 0.344 e. The SMILES string of the molecule is CCOC(=O)C(NC(C)=O)(C(=O)OCC)C(CC(=O)c1ccccc1)c1ccccc1. The van der Waals surface area contributed by atoms with Crippen LogP contribution in [0.3, 0.4) is 0 Å². The fourth-order valence-electron chi connectivity index (χ4n) is 3.46. The standard InChI is InChI=1S/C24H27NO6/c1-4-30-22(28)24(25-17(3)26,23(29)31-5-2)20(18-12-8-6-9-13-18)16-21(27)19-14-10-7-11-15-19/h6-15,20H,4-5,16H2,1-3H3,(H,25,26). The summed E-state index contributed by atoms with van der Waals surface area (Å²) >= 11 is 0. The molecule has 0 saturated heterocycles. The molecule has 2 rings (SSSR count). The van der Waals surface area contributed by atoms with Crippen LogP contribution in [-0.2, 0) is 23.9 Å². The van der Waals surface area contributed by atoms with Gasteiger partial charge in [0.15, 0.2) is 5.78 Å². The summed E-state index contributed by atoms with van der Waals surface area (Å²) in [6.45, 7) is 4.33. The number of hydrogen-bond acceptors (Lipinski definition) is 6. The van der Waals surface area contributed by atoms with Crippen LogP contribution in [-0.4, -0.2) is 42.4 Å². The third-order valence-corrected chi connectivity index (χ3v) is 4.78. The number of amides is 1. The van der Waals surface area contributed by atoms with Gasteiger partial charge in [0.25, 0.3) is 0 Å². The van der Waals surface area contributed by atoms with Crippen LogP contribution >= 0.6 is 0 Å². The molecule has 0 fully saturated rings. The molecule has 1 N–H and O–H groups in total. The Morgan fingerprint density at radius 2 is 1.32 bits per heavy atom. The van der Waals surface area contributed by atoms with Crippen LogP contribution in [0.5, 0.6) is 0 Å². The van der Waals surface area contributed by atoms with Gasteiger partial charge < -0.3 is 14.8 Å². The van der Waals surface area contributed by atoms with Gasteiger partial charge in [-0.1, -0.05) is 60.7 Å². The molecule has 0 bridgehead atoms. The number of Topliss-reactive ketones (excluding diaryl/α,β-unsaturated/α-hetero) is 1. The van der Waals surface area contributed by atoms with Gasteiger partial charge in [0, 0.05) is 24.8 Å². The number of esters is 2. The van der Waals surface area contributed by atoms with E-state index in [1.54, 1.807) is 74.5 Å². The first-order valence-corrected chi connectivity index (χ1v) is 10.1. The van der Waals surface area contributed by atoms with Crippen molar-refractivity contribution in [3.05, 3.63) is 71.8 Å². The number of hydrogen-bond donors (Lipinski definition) is 1. The van der Waals surface area contributed by atoms with E-state index < -0.39 is 29.3 Å². The van der Waals surface area contributed by atoms with E-state index in [0.29, 0.717) is 11.1 Å². The van der Waals surface area contributed by atoms with Crippen LogP contribution < -0.4 is 5.32 Å². The van der Waals surface area contributed by atoms with Crippen LogP contribution in [0.4, 0.5) is 0 Å². The van der Waals surface area contributed by atoms with Gasteiger partial charge in [-0.2, -0.15) is 0 Å². The molecule has 31 heavy (non-hydrogen) atoms. The Bertz CT molecular complexity index is 892. The molecule has 7 nitrogen and oxygen atoms in total. The topological polar surface area (TPSA) is 98.8 Å². The Labute approximate surface area is 181 Å². The van der Waals surface area contributed by atoms with Gasteiger partial charge in [0.05, 0.1) is 13.2 Å². The lowest BCUT2D eigenvalue weighted by Gasteiger charge is -2.36. The zero-order valence-corrected chi connectivity index (χ0v) is 17.9. The highest BCUT2D eigenvalue weighted by Crippen LogP contribution is 2.35. The maximum absolute atomic E-state index is 13.2. The Morgan fingerprint density at radius 3 is 1.77 bits per heavy atom. The molecular formula is C24H27NO6. The van der Waals surface area contributed by atoms with Gasteiger partial charge in [-0.15, -0.1) is 0 Å². The van der Waals surface area contributed by atoms with Crippen molar-refractivity contribution in [2.24, 2.45) is 0 Å². The summed E-state index contributed by atoms with van der Waals surface area (Å²) in [5.74, 6) is -3.92. The Morgan fingerprint density at radius 1 is 0.839 bits per heavy atom. The second-order valence-corrected chi connectivity index (χ2v) is 6.89. The first kappa shape index (κ1) is 23.8. The van der Waals surface area contributed by atoms with Crippen molar-refractivity contribution in [3.63, 3.8) is 0 Å². The molecule has 0 aliphatic rings. The zero-order chi connectivity index (χ0) is 22.9. The fourth-order valence-corrected chi connectivity index (χ4v) is 3.46. The Kier molecular flexibility index (Phi) is 8.49. The van der Waals surface area contributed by atoms with Crippen molar-refractivity contribution in [1.29, 1.82) is 0 Å². The highest BCUT2D eigenvalue weighted by Gasteiger charge is 2.57. The van der Waals surface area contributed by atoms with Crippen LogP contribution in [0.1, 0.15) is 49.0 Å². The molecule has 164 valence electrons. The highest BCUT2D eigenvalue weighted by atomic mass is 16.6. The molecular weight excluding hydrogens is 398 g/mol. The van der Waals surface area contributed by atoms with E-state index in [1.165, 1.54) is 6.92 Å². The third-order valence-electron chi connectivity index (χ3n) is 4.78. The van der Waals surface area contributed by atoms with E-state index in [4.69, 9.17) is 9.47 Å². The summed E-state index contributed by atoms with van der Waals surface area (Å²) < 4.78 is 10.4. The number of ketones is 1. The average molecular weight is 425 g/mol. The lowest BCUT2D eigenvalue weighted by molar-refractivity contribution is -0.169. The number of nitrogens with one attached hydrogen (secondary N) is 1. The summed E-state index contributed by atoms with van der Waals surface area (Å²) in [6, 6.07) is 17.1. The van der Waals surface area contributed by atoms with E-state index in [-0.39, 0.29) is 25.4 Å². The Balaban J connectivity index is 2.68. The molecule has 0 saturated carbocycles. The van der Waals surface area contributed by atoms with Crippen molar-refractivity contribution in [3.8, 4) is 0 Å². The molecule has 2 aromatic rings. The lowest BCUT2D eigenvalue weighted by atomic mass is 9.75.